The van der Waals surface area contributed by atoms with Crippen LogP contribution >= 0.6 is 15.9 Å². The van der Waals surface area contributed by atoms with Gasteiger partial charge in [-0.1, -0.05) is 40.2 Å². The van der Waals surface area contributed by atoms with E-state index in [-0.39, 0.29) is 6.10 Å². The van der Waals surface area contributed by atoms with Crippen molar-refractivity contribution >= 4 is 21.6 Å². The molecule has 1 N–H and O–H groups in total. The Labute approximate surface area is 121 Å². The van der Waals surface area contributed by atoms with Gasteiger partial charge in [0.2, 0.25) is 0 Å². The summed E-state index contributed by atoms with van der Waals surface area (Å²) < 4.78 is 7.06. The van der Waals surface area contributed by atoms with E-state index in [1.807, 2.05) is 18.2 Å². The molecule has 2 nitrogen and oxygen atoms in total. The Balaban J connectivity index is 1.64. The third-order valence-electron chi connectivity index (χ3n) is 3.50. The molecule has 0 radical (unpaired) electrons. The molecule has 3 heteroatoms. The number of ether oxygens (including phenoxy) is 1. The highest BCUT2D eigenvalue weighted by atomic mass is 79.9. The molecule has 0 bridgehead atoms. The lowest BCUT2D eigenvalue weighted by Crippen LogP contribution is -2.24. The monoisotopic (exact) mass is 317 g/mol. The molecule has 2 aromatic rings. The minimum absolute atomic E-state index is 0.218. The van der Waals surface area contributed by atoms with Crippen molar-refractivity contribution in [3.63, 3.8) is 0 Å². The second-order valence-corrected chi connectivity index (χ2v) is 5.70. The second-order valence-electron chi connectivity index (χ2n) is 4.85. The fourth-order valence-electron chi connectivity index (χ4n) is 2.39. The molecule has 0 saturated carbocycles. The average molecular weight is 318 g/mol. The van der Waals surface area contributed by atoms with Crippen molar-refractivity contribution in [3.05, 3.63) is 58.1 Å². The number of rotatable bonds is 3. The number of fused-ring (bicyclic) bond motifs is 1. The Morgan fingerprint density at radius 2 is 2.05 bits per heavy atom. The maximum atomic E-state index is 5.92. The number of anilines is 1. The van der Waals surface area contributed by atoms with Crippen molar-refractivity contribution in [2.45, 2.75) is 19.4 Å². The van der Waals surface area contributed by atoms with Crippen LogP contribution in [-0.4, -0.2) is 12.6 Å². The molecular weight excluding hydrogens is 302 g/mol. The first-order chi connectivity index (χ1) is 9.24. The third kappa shape index (κ3) is 2.61. The van der Waals surface area contributed by atoms with E-state index < -0.39 is 0 Å². The van der Waals surface area contributed by atoms with E-state index in [0.717, 1.165) is 28.9 Å². The summed E-state index contributed by atoms with van der Waals surface area (Å²) in [4.78, 5) is 0. The topological polar surface area (TPSA) is 21.3 Å². The lowest BCUT2D eigenvalue weighted by molar-refractivity contribution is 0.246. The molecule has 0 saturated heterocycles. The number of halogens is 1. The molecule has 1 unspecified atom stereocenters. The van der Waals surface area contributed by atoms with Crippen LogP contribution in [0, 0.1) is 6.92 Å². The number of hydrogen-bond acceptors (Lipinski definition) is 2. The molecule has 0 aromatic heterocycles. The van der Waals surface area contributed by atoms with Crippen LogP contribution < -0.4 is 10.1 Å². The summed E-state index contributed by atoms with van der Waals surface area (Å²) in [6.45, 7) is 2.93. The van der Waals surface area contributed by atoms with Gasteiger partial charge in [-0.05, 0) is 36.2 Å². The summed E-state index contributed by atoms with van der Waals surface area (Å²) in [6.07, 6.45) is 1.20. The van der Waals surface area contributed by atoms with Crippen LogP contribution in [-0.2, 0) is 6.42 Å². The van der Waals surface area contributed by atoms with Crippen LogP contribution in [0.4, 0.5) is 5.69 Å². The van der Waals surface area contributed by atoms with Gasteiger partial charge in [0.1, 0.15) is 11.9 Å². The Hall–Kier alpha value is -1.48. The van der Waals surface area contributed by atoms with Crippen LogP contribution in [0.3, 0.4) is 0 Å². The third-order valence-corrected chi connectivity index (χ3v) is 4.36. The predicted octanol–water partition coefficient (Wildman–Crippen LogP) is 4.17. The smallest absolute Gasteiger partial charge is 0.123 e. The molecule has 0 aliphatic carbocycles. The zero-order valence-corrected chi connectivity index (χ0v) is 12.4. The highest BCUT2D eigenvalue weighted by Gasteiger charge is 2.21. The summed E-state index contributed by atoms with van der Waals surface area (Å²) in [5.41, 5.74) is 3.70. The zero-order valence-electron chi connectivity index (χ0n) is 10.8. The molecule has 1 aliphatic heterocycles. The Bertz CT molecular complexity index is 572. The van der Waals surface area contributed by atoms with Gasteiger partial charge in [-0.15, -0.1) is 0 Å². The number of hydrogen-bond donors (Lipinski definition) is 1. The van der Waals surface area contributed by atoms with E-state index in [2.05, 4.69) is 52.4 Å². The molecule has 0 spiro atoms. The van der Waals surface area contributed by atoms with Gasteiger partial charge in [0.25, 0.3) is 0 Å². The van der Waals surface area contributed by atoms with Crippen LogP contribution in [0.1, 0.15) is 11.1 Å². The number of nitrogens with one attached hydrogen (secondary N) is 1. The van der Waals surface area contributed by atoms with Gasteiger partial charge in [-0.2, -0.15) is 0 Å². The van der Waals surface area contributed by atoms with Gasteiger partial charge in [0, 0.05) is 16.6 Å². The minimum Gasteiger partial charge on any atom is -0.488 e. The molecule has 1 heterocycles. The fraction of sp³-hybridized carbons (Fsp3) is 0.250. The molecule has 1 aliphatic rings. The van der Waals surface area contributed by atoms with Gasteiger partial charge in [0.15, 0.2) is 0 Å². The van der Waals surface area contributed by atoms with Gasteiger partial charge < -0.3 is 10.1 Å². The van der Waals surface area contributed by atoms with Crippen molar-refractivity contribution in [1.82, 2.24) is 0 Å². The maximum absolute atomic E-state index is 5.92. The molecule has 19 heavy (non-hydrogen) atoms. The van der Waals surface area contributed by atoms with E-state index in [1.165, 1.54) is 11.1 Å². The fourth-order valence-corrected chi connectivity index (χ4v) is 2.76. The minimum atomic E-state index is 0.218. The molecule has 3 rings (SSSR count). The Morgan fingerprint density at radius 1 is 1.21 bits per heavy atom. The zero-order chi connectivity index (χ0) is 13.2. The maximum Gasteiger partial charge on any atom is 0.123 e. The van der Waals surface area contributed by atoms with Crippen LogP contribution in [0.15, 0.2) is 46.9 Å². The summed E-state index contributed by atoms with van der Waals surface area (Å²) in [5.74, 6) is 1.03. The van der Waals surface area contributed by atoms with E-state index in [9.17, 15) is 0 Å². The van der Waals surface area contributed by atoms with E-state index >= 15 is 0 Å². The first-order valence-electron chi connectivity index (χ1n) is 6.47. The molecule has 1 atom stereocenters. The normalized spacial score (nSPS) is 16.8. The van der Waals surface area contributed by atoms with Crippen molar-refractivity contribution < 1.29 is 4.74 Å². The quantitative estimate of drug-likeness (QED) is 0.917. The highest BCUT2D eigenvalue weighted by Crippen LogP contribution is 2.29. The summed E-state index contributed by atoms with van der Waals surface area (Å²) >= 11 is 3.55. The molecule has 0 fully saturated rings. The SMILES string of the molecule is Cc1c(Br)cccc1NCC1Cc2ccccc2O1. The van der Waals surface area contributed by atoms with E-state index in [1.54, 1.807) is 0 Å². The first-order valence-corrected chi connectivity index (χ1v) is 7.27. The summed E-state index contributed by atoms with van der Waals surface area (Å²) in [5, 5.41) is 3.48. The lowest BCUT2D eigenvalue weighted by atomic mass is 10.1. The number of para-hydroxylation sites is 1. The van der Waals surface area contributed by atoms with Crippen molar-refractivity contribution in [3.8, 4) is 5.75 Å². The lowest BCUT2D eigenvalue weighted by Gasteiger charge is -2.15. The van der Waals surface area contributed by atoms with E-state index in [0.29, 0.717) is 0 Å². The number of benzene rings is 2. The molecule has 2 aromatic carbocycles. The highest BCUT2D eigenvalue weighted by molar-refractivity contribution is 9.10. The van der Waals surface area contributed by atoms with Gasteiger partial charge in [0.05, 0.1) is 6.54 Å². The first kappa shape index (κ1) is 12.5. The summed E-state index contributed by atoms with van der Waals surface area (Å²) in [6, 6.07) is 14.5. The largest absolute Gasteiger partial charge is 0.488 e. The van der Waals surface area contributed by atoms with Crippen molar-refractivity contribution in [2.24, 2.45) is 0 Å². The second kappa shape index (κ2) is 5.25. The van der Waals surface area contributed by atoms with Crippen LogP contribution in [0.2, 0.25) is 0 Å². The van der Waals surface area contributed by atoms with Gasteiger partial charge >= 0.3 is 0 Å². The Kier molecular flexibility index (Phi) is 3.47. The Morgan fingerprint density at radius 3 is 2.89 bits per heavy atom. The standard InChI is InChI=1S/C16H16BrNO/c1-11-14(17)6-4-7-15(11)18-10-13-9-12-5-2-3-8-16(12)19-13/h2-8,13,18H,9-10H2,1H3. The van der Waals surface area contributed by atoms with E-state index in [4.69, 9.17) is 4.74 Å². The molecule has 98 valence electrons. The van der Waals surface area contributed by atoms with Gasteiger partial charge in [-0.3, -0.25) is 0 Å². The molecule has 0 amide bonds. The average Bonchev–Trinajstić information content (AvgIpc) is 2.83. The summed E-state index contributed by atoms with van der Waals surface area (Å²) in [7, 11) is 0. The van der Waals surface area contributed by atoms with Crippen LogP contribution in [0.25, 0.3) is 0 Å². The van der Waals surface area contributed by atoms with Gasteiger partial charge in [-0.25, -0.2) is 0 Å². The van der Waals surface area contributed by atoms with Crippen molar-refractivity contribution in [2.75, 3.05) is 11.9 Å². The predicted molar refractivity (Wildman–Crippen MR) is 81.9 cm³/mol. The molecular formula is C16H16BrNO. The van der Waals surface area contributed by atoms with Crippen LogP contribution in [0.5, 0.6) is 5.75 Å². The van der Waals surface area contributed by atoms with Crippen molar-refractivity contribution in [1.29, 1.82) is 0 Å².